The maximum atomic E-state index is 13.0. The molecule has 1 aromatic rings. The average molecular weight is 666 g/mol. The van der Waals surface area contributed by atoms with E-state index in [2.05, 4.69) is 31.6 Å². The van der Waals surface area contributed by atoms with E-state index in [9.17, 15) is 33.6 Å². The predicted octanol–water partition coefficient (Wildman–Crippen LogP) is -1.50. The van der Waals surface area contributed by atoms with Crippen molar-refractivity contribution in [1.29, 1.82) is 0 Å². The van der Waals surface area contributed by atoms with E-state index in [4.69, 9.17) is 17.2 Å². The molecule has 1 aliphatic rings. The SMILES string of the molecule is CC(=O)C[C@@H]1NC(=O)CNC(=O)[C@H](CCCCN=C(N)N)NC(=O)CCSSC[C@@H](C(N)=O)NC(=O)c2cccc(c2)NC1=O. The van der Waals surface area contributed by atoms with E-state index in [0.29, 0.717) is 25.1 Å². The van der Waals surface area contributed by atoms with Crippen molar-refractivity contribution in [2.45, 2.75) is 57.2 Å². The van der Waals surface area contributed by atoms with E-state index < -0.39 is 60.1 Å². The molecular formula is C27H39N9O7S2. The van der Waals surface area contributed by atoms with Gasteiger partial charge in [0, 0.05) is 42.1 Å². The van der Waals surface area contributed by atoms with Crippen LogP contribution >= 0.6 is 21.6 Å². The molecule has 246 valence electrons. The van der Waals surface area contributed by atoms with Crippen LogP contribution in [0.5, 0.6) is 0 Å². The maximum absolute atomic E-state index is 13.0. The van der Waals surface area contributed by atoms with Crippen LogP contribution in [0.1, 0.15) is 49.4 Å². The van der Waals surface area contributed by atoms with E-state index in [1.807, 2.05) is 0 Å². The summed E-state index contributed by atoms with van der Waals surface area (Å²) in [7, 11) is 2.51. The number of carbonyl (C=O) groups excluding carboxylic acids is 7. The number of unbranched alkanes of at least 4 members (excludes halogenated alkanes) is 1. The van der Waals surface area contributed by atoms with E-state index in [0.717, 1.165) is 0 Å². The minimum atomic E-state index is -1.29. The molecule has 1 aromatic carbocycles. The van der Waals surface area contributed by atoms with Gasteiger partial charge in [-0.25, -0.2) is 0 Å². The number of nitrogens with zero attached hydrogens (tertiary/aromatic N) is 1. The number of hydrogen-bond donors (Lipinski definition) is 8. The molecule has 0 fully saturated rings. The van der Waals surface area contributed by atoms with Gasteiger partial charge < -0.3 is 43.8 Å². The summed E-state index contributed by atoms with van der Waals surface area (Å²) >= 11 is 0. The van der Waals surface area contributed by atoms with Crippen LogP contribution < -0.4 is 43.8 Å². The zero-order chi connectivity index (χ0) is 33.4. The largest absolute Gasteiger partial charge is 0.370 e. The molecule has 2 bridgehead atoms. The summed E-state index contributed by atoms with van der Waals surface area (Å²) in [4.78, 5) is 92.0. The molecule has 3 atom stereocenters. The first-order valence-electron chi connectivity index (χ1n) is 14.0. The van der Waals surface area contributed by atoms with Crippen molar-refractivity contribution in [2.24, 2.45) is 22.2 Å². The highest BCUT2D eigenvalue weighted by molar-refractivity contribution is 8.76. The van der Waals surface area contributed by atoms with E-state index in [-0.39, 0.29) is 48.0 Å². The fraction of sp³-hybridized carbons (Fsp3) is 0.481. The molecule has 45 heavy (non-hydrogen) atoms. The van der Waals surface area contributed by atoms with Gasteiger partial charge in [0.15, 0.2) is 5.96 Å². The number of primary amides is 1. The zero-order valence-electron chi connectivity index (χ0n) is 24.8. The highest BCUT2D eigenvalue weighted by atomic mass is 33.1. The molecule has 16 nitrogen and oxygen atoms in total. The molecule has 18 heteroatoms. The number of Topliss-reactive ketones (excluding diaryl/α,β-unsaturated/α-hetero) is 1. The fourth-order valence-corrected chi connectivity index (χ4v) is 6.12. The number of anilines is 1. The van der Waals surface area contributed by atoms with Gasteiger partial charge in [0.1, 0.15) is 23.9 Å². The first kappa shape index (κ1) is 36.9. The van der Waals surface area contributed by atoms with Gasteiger partial charge in [0.25, 0.3) is 5.91 Å². The van der Waals surface area contributed by atoms with Crippen molar-refractivity contribution in [3.63, 3.8) is 0 Å². The van der Waals surface area contributed by atoms with Crippen LogP contribution in [0, 0.1) is 0 Å². The van der Waals surface area contributed by atoms with Gasteiger partial charge in [-0.1, -0.05) is 27.7 Å². The molecule has 1 aliphatic heterocycles. The van der Waals surface area contributed by atoms with Crippen molar-refractivity contribution < 1.29 is 33.6 Å². The lowest BCUT2D eigenvalue weighted by Gasteiger charge is -2.20. The molecular weight excluding hydrogens is 626 g/mol. The van der Waals surface area contributed by atoms with Gasteiger partial charge in [-0.15, -0.1) is 0 Å². The Hall–Kier alpha value is -4.32. The second-order valence-electron chi connectivity index (χ2n) is 10.0. The molecule has 0 spiro atoms. The Bertz CT molecular complexity index is 1290. The molecule has 1 heterocycles. The number of hydrogen-bond acceptors (Lipinski definition) is 10. The van der Waals surface area contributed by atoms with Gasteiger partial charge in [-0.3, -0.25) is 38.6 Å². The molecule has 0 aliphatic carbocycles. The van der Waals surface area contributed by atoms with E-state index in [1.54, 1.807) is 0 Å². The normalized spacial score (nSPS) is 20.9. The lowest BCUT2D eigenvalue weighted by molar-refractivity contribution is -0.131. The third kappa shape index (κ3) is 14.3. The van der Waals surface area contributed by atoms with Crippen LogP contribution in [0.4, 0.5) is 5.69 Å². The lowest BCUT2D eigenvalue weighted by Crippen LogP contribution is -2.51. The Morgan fingerprint density at radius 1 is 0.933 bits per heavy atom. The Labute approximate surface area is 268 Å². The van der Waals surface area contributed by atoms with Crippen molar-refractivity contribution in [3.8, 4) is 0 Å². The number of amides is 6. The molecule has 0 unspecified atom stereocenters. The predicted molar refractivity (Wildman–Crippen MR) is 172 cm³/mol. The molecule has 0 aromatic heterocycles. The van der Waals surface area contributed by atoms with Crippen molar-refractivity contribution in [1.82, 2.24) is 21.3 Å². The summed E-state index contributed by atoms with van der Waals surface area (Å²) in [5, 5.41) is 12.7. The van der Waals surface area contributed by atoms with Crippen LogP contribution in [-0.4, -0.2) is 89.9 Å². The maximum Gasteiger partial charge on any atom is 0.252 e. The Kier molecular flexibility index (Phi) is 15.7. The van der Waals surface area contributed by atoms with Gasteiger partial charge in [-0.2, -0.15) is 0 Å². The highest BCUT2D eigenvalue weighted by Gasteiger charge is 2.26. The standard InChI is InChI=1S/C27H39N9O7S2/c1-15(37)11-19-26(43)33-17-6-4-5-16(12-17)24(41)36-20(23(28)40)14-45-44-10-8-21(38)34-18(7-2-3-9-31-27(29)30)25(42)32-13-22(39)35-19/h4-6,12,18-20H,2-3,7-11,13-14H2,1H3,(H2,28,40)(H,32,42)(H,33,43)(H,34,38)(H,35,39)(H,36,41)(H4,29,30,31)/t18-,19-,20-/m0/s1. The quantitative estimate of drug-likeness (QED) is 0.0685. The number of fused-ring (bicyclic) bond motifs is 2. The topological polar surface area (TPSA) is 270 Å². The number of nitrogens with one attached hydrogen (secondary N) is 5. The summed E-state index contributed by atoms with van der Waals surface area (Å²) in [6.45, 7) is 1.06. The van der Waals surface area contributed by atoms with Gasteiger partial charge in [-0.05, 0) is 44.4 Å². The smallest absolute Gasteiger partial charge is 0.252 e. The number of nitrogens with two attached hydrogens (primary N) is 3. The number of rotatable bonds is 8. The van der Waals surface area contributed by atoms with Crippen LogP contribution in [-0.2, 0) is 28.8 Å². The molecule has 6 amide bonds. The number of carbonyl (C=O) groups is 7. The third-order valence-corrected chi connectivity index (χ3v) is 8.60. The fourth-order valence-electron chi connectivity index (χ4n) is 3.95. The lowest BCUT2D eigenvalue weighted by atomic mass is 10.1. The monoisotopic (exact) mass is 665 g/mol. The first-order chi connectivity index (χ1) is 21.3. The summed E-state index contributed by atoms with van der Waals surface area (Å²) in [5.74, 6) is -3.89. The second kappa shape index (κ2) is 19.1. The van der Waals surface area contributed by atoms with Gasteiger partial charge >= 0.3 is 0 Å². The van der Waals surface area contributed by atoms with Crippen LogP contribution in [0.25, 0.3) is 0 Å². The Morgan fingerprint density at radius 3 is 2.36 bits per heavy atom. The van der Waals surface area contributed by atoms with Crippen molar-refractivity contribution >= 4 is 74.5 Å². The average Bonchev–Trinajstić information content (AvgIpc) is 2.97. The Morgan fingerprint density at radius 2 is 1.67 bits per heavy atom. The molecule has 11 N–H and O–H groups in total. The summed E-state index contributed by atoms with van der Waals surface area (Å²) in [5.41, 5.74) is 16.5. The Balaban J connectivity index is 2.26. The number of benzene rings is 1. The highest BCUT2D eigenvalue weighted by Crippen LogP contribution is 2.23. The molecule has 2 rings (SSSR count). The summed E-state index contributed by atoms with van der Waals surface area (Å²) in [6, 6.07) is 2.55. The number of guanidine groups is 1. The van der Waals surface area contributed by atoms with E-state index in [1.165, 1.54) is 52.8 Å². The first-order valence-corrected chi connectivity index (χ1v) is 16.5. The number of ketones is 1. The zero-order valence-corrected chi connectivity index (χ0v) is 26.4. The van der Waals surface area contributed by atoms with Crippen LogP contribution in [0.3, 0.4) is 0 Å². The molecule has 0 saturated carbocycles. The second-order valence-corrected chi connectivity index (χ2v) is 12.6. The van der Waals surface area contributed by atoms with E-state index >= 15 is 0 Å². The minimum absolute atomic E-state index is 0.0398. The number of aliphatic imine (C=N–C) groups is 1. The van der Waals surface area contributed by atoms with Gasteiger partial charge in [0.2, 0.25) is 29.5 Å². The molecule has 0 saturated heterocycles. The van der Waals surface area contributed by atoms with Gasteiger partial charge in [0.05, 0.1) is 6.54 Å². The van der Waals surface area contributed by atoms with Crippen molar-refractivity contribution in [2.75, 3.05) is 29.9 Å². The third-order valence-electron chi connectivity index (χ3n) is 6.19. The van der Waals surface area contributed by atoms with Crippen LogP contribution in [0.15, 0.2) is 29.3 Å². The van der Waals surface area contributed by atoms with Crippen LogP contribution in [0.2, 0.25) is 0 Å². The van der Waals surface area contributed by atoms with Crippen molar-refractivity contribution in [3.05, 3.63) is 29.8 Å². The molecule has 0 radical (unpaired) electrons. The summed E-state index contributed by atoms with van der Waals surface area (Å²) in [6.07, 6.45) is 0.949. The minimum Gasteiger partial charge on any atom is -0.370 e. The summed E-state index contributed by atoms with van der Waals surface area (Å²) < 4.78 is 0.